The molecule has 3 rings (SSSR count). The highest BCUT2D eigenvalue weighted by atomic mass is 32.2. The van der Waals surface area contributed by atoms with E-state index in [1.807, 2.05) is 11.0 Å². The van der Waals surface area contributed by atoms with Crippen LogP contribution in [0.4, 0.5) is 0 Å². The van der Waals surface area contributed by atoms with Gasteiger partial charge >= 0.3 is 5.97 Å². The minimum absolute atomic E-state index is 0.0257. The van der Waals surface area contributed by atoms with E-state index < -0.39 is 28.0 Å². The van der Waals surface area contributed by atoms with Gasteiger partial charge in [-0.1, -0.05) is 12.1 Å². The molecule has 7 heteroatoms. The van der Waals surface area contributed by atoms with Gasteiger partial charge in [-0.25, -0.2) is 13.2 Å². The zero-order chi connectivity index (χ0) is 15.2. The van der Waals surface area contributed by atoms with Crippen molar-refractivity contribution < 1.29 is 23.4 Å². The molecule has 1 aromatic rings. The average molecular weight is 311 g/mol. The molecule has 2 unspecified atom stereocenters. The molecule has 1 fully saturated rings. The minimum Gasteiger partial charge on any atom is -0.478 e. The Morgan fingerprint density at radius 2 is 2.05 bits per heavy atom. The lowest BCUT2D eigenvalue weighted by molar-refractivity contribution is 0.0678. The summed E-state index contributed by atoms with van der Waals surface area (Å²) in [6.45, 7) is 1.04. The molecule has 1 saturated heterocycles. The van der Waals surface area contributed by atoms with Crippen molar-refractivity contribution in [1.29, 1.82) is 0 Å². The van der Waals surface area contributed by atoms with Crippen molar-refractivity contribution in [2.75, 3.05) is 18.1 Å². The number of hydrogen-bond acceptors (Lipinski definition) is 5. The molecule has 0 saturated carbocycles. The van der Waals surface area contributed by atoms with E-state index in [0.717, 1.165) is 11.1 Å². The number of rotatable bonds is 2. The third-order valence-corrected chi connectivity index (χ3v) is 5.99. The van der Waals surface area contributed by atoms with E-state index in [0.29, 0.717) is 25.1 Å². The summed E-state index contributed by atoms with van der Waals surface area (Å²) in [7, 11) is -3.18. The van der Waals surface area contributed by atoms with Gasteiger partial charge in [0.15, 0.2) is 9.84 Å². The van der Waals surface area contributed by atoms with Crippen LogP contribution in [0.3, 0.4) is 0 Å². The molecular weight excluding hydrogens is 294 g/mol. The lowest BCUT2D eigenvalue weighted by Crippen LogP contribution is -2.45. The summed E-state index contributed by atoms with van der Waals surface area (Å²) in [4.78, 5) is 13.2. The molecule has 1 aromatic carbocycles. The topological polar surface area (TPSA) is 94.9 Å². The first kappa shape index (κ1) is 14.5. The molecule has 0 amide bonds. The monoisotopic (exact) mass is 311 g/mol. The van der Waals surface area contributed by atoms with Crippen molar-refractivity contribution in [3.8, 4) is 0 Å². The number of sulfone groups is 1. The largest absolute Gasteiger partial charge is 0.478 e. The summed E-state index contributed by atoms with van der Waals surface area (Å²) in [5, 5.41) is 19.1. The van der Waals surface area contributed by atoms with Gasteiger partial charge in [0.2, 0.25) is 0 Å². The first-order valence-corrected chi connectivity index (χ1v) is 8.66. The summed E-state index contributed by atoms with van der Waals surface area (Å²) in [5.41, 5.74) is 2.03. The quantitative estimate of drug-likeness (QED) is 0.792. The summed E-state index contributed by atoms with van der Waals surface area (Å²) in [6.07, 6.45) is -0.305. The predicted octanol–water partition coefficient (Wildman–Crippen LogP) is -0.0992. The molecule has 0 radical (unpaired) electrons. The van der Waals surface area contributed by atoms with E-state index in [1.165, 1.54) is 0 Å². The van der Waals surface area contributed by atoms with Gasteiger partial charge in [-0.2, -0.15) is 0 Å². The summed E-state index contributed by atoms with van der Waals surface area (Å²) < 4.78 is 23.2. The molecule has 2 atom stereocenters. The van der Waals surface area contributed by atoms with Crippen molar-refractivity contribution in [2.24, 2.45) is 0 Å². The molecule has 0 spiro atoms. The second-order valence-corrected chi connectivity index (χ2v) is 7.83. The maximum absolute atomic E-state index is 11.6. The van der Waals surface area contributed by atoms with Crippen LogP contribution < -0.4 is 0 Å². The van der Waals surface area contributed by atoms with Gasteiger partial charge in [-0.05, 0) is 23.6 Å². The average Bonchev–Trinajstić information content (AvgIpc) is 2.70. The van der Waals surface area contributed by atoms with Crippen molar-refractivity contribution in [3.05, 3.63) is 34.9 Å². The van der Waals surface area contributed by atoms with Crippen molar-refractivity contribution >= 4 is 15.8 Å². The molecule has 114 valence electrons. The standard InChI is InChI=1S/C14H17NO5S/c16-13-8-21(19,20)7-12(13)15-5-4-10-9(6-15)2-1-3-11(10)14(17)18/h1-3,12-13,16H,4-8H2,(H,17,18). The minimum atomic E-state index is -3.18. The number of aromatic carboxylic acids is 1. The van der Waals surface area contributed by atoms with Gasteiger partial charge in [0.1, 0.15) is 0 Å². The highest BCUT2D eigenvalue weighted by Crippen LogP contribution is 2.27. The predicted molar refractivity (Wildman–Crippen MR) is 76.0 cm³/mol. The van der Waals surface area contributed by atoms with Crippen LogP contribution in [-0.2, 0) is 22.8 Å². The number of fused-ring (bicyclic) bond motifs is 1. The molecule has 0 aliphatic carbocycles. The second-order valence-electron chi connectivity index (χ2n) is 5.68. The van der Waals surface area contributed by atoms with Gasteiger partial charge in [-0.3, -0.25) is 4.90 Å². The highest BCUT2D eigenvalue weighted by molar-refractivity contribution is 7.91. The first-order valence-electron chi connectivity index (χ1n) is 6.84. The molecule has 21 heavy (non-hydrogen) atoms. The number of aliphatic hydroxyl groups is 1. The van der Waals surface area contributed by atoms with Crippen LogP contribution >= 0.6 is 0 Å². The van der Waals surface area contributed by atoms with Crippen molar-refractivity contribution in [2.45, 2.75) is 25.1 Å². The Hall–Kier alpha value is -1.44. The molecule has 2 N–H and O–H groups in total. The molecule has 0 aromatic heterocycles. The van der Waals surface area contributed by atoms with Gasteiger partial charge in [0, 0.05) is 13.1 Å². The molecular formula is C14H17NO5S. The number of hydrogen-bond donors (Lipinski definition) is 2. The number of nitrogens with zero attached hydrogens (tertiary/aromatic N) is 1. The number of aliphatic hydroxyl groups excluding tert-OH is 1. The third kappa shape index (κ3) is 2.68. The van der Waals surface area contributed by atoms with Crippen molar-refractivity contribution in [1.82, 2.24) is 4.90 Å². The fourth-order valence-electron chi connectivity index (χ4n) is 3.27. The smallest absolute Gasteiger partial charge is 0.335 e. The van der Waals surface area contributed by atoms with Crippen LogP contribution in [0.15, 0.2) is 18.2 Å². The molecule has 6 nitrogen and oxygen atoms in total. The number of benzene rings is 1. The summed E-state index contributed by atoms with van der Waals surface area (Å²) in [5.74, 6) is -1.15. The van der Waals surface area contributed by atoms with E-state index in [9.17, 15) is 23.4 Å². The molecule has 2 heterocycles. The van der Waals surface area contributed by atoms with Crippen LogP contribution in [0.25, 0.3) is 0 Å². The molecule has 0 bridgehead atoms. The van der Waals surface area contributed by atoms with Gasteiger partial charge in [0.05, 0.1) is 29.2 Å². The molecule has 2 aliphatic rings. The van der Waals surface area contributed by atoms with E-state index in [2.05, 4.69) is 0 Å². The lowest BCUT2D eigenvalue weighted by Gasteiger charge is -2.34. The SMILES string of the molecule is O=C(O)c1cccc2c1CCN(C1CS(=O)(=O)CC1O)C2. The Morgan fingerprint density at radius 1 is 1.29 bits per heavy atom. The number of carbonyl (C=O) groups is 1. The van der Waals surface area contributed by atoms with Gasteiger partial charge in [0.25, 0.3) is 0 Å². The third-order valence-electron chi connectivity index (χ3n) is 4.29. The van der Waals surface area contributed by atoms with Crippen LogP contribution in [0.5, 0.6) is 0 Å². The molecule has 2 aliphatic heterocycles. The second kappa shape index (κ2) is 5.08. The Morgan fingerprint density at radius 3 is 2.67 bits per heavy atom. The maximum atomic E-state index is 11.6. The van der Waals surface area contributed by atoms with Gasteiger partial charge < -0.3 is 10.2 Å². The van der Waals surface area contributed by atoms with E-state index in [-0.39, 0.29) is 11.5 Å². The maximum Gasteiger partial charge on any atom is 0.335 e. The number of carboxylic acid groups (broad SMARTS) is 1. The van der Waals surface area contributed by atoms with Crippen LogP contribution in [0.2, 0.25) is 0 Å². The van der Waals surface area contributed by atoms with Crippen LogP contribution in [0.1, 0.15) is 21.5 Å². The zero-order valence-electron chi connectivity index (χ0n) is 11.4. The first-order chi connectivity index (χ1) is 9.87. The van der Waals surface area contributed by atoms with E-state index in [1.54, 1.807) is 12.1 Å². The van der Waals surface area contributed by atoms with E-state index in [4.69, 9.17) is 0 Å². The summed E-state index contributed by atoms with van der Waals surface area (Å²) >= 11 is 0. The lowest BCUT2D eigenvalue weighted by atomic mass is 9.93. The van der Waals surface area contributed by atoms with Crippen molar-refractivity contribution in [3.63, 3.8) is 0 Å². The normalized spacial score (nSPS) is 28.2. The number of carboxylic acids is 1. The zero-order valence-corrected chi connectivity index (χ0v) is 12.2. The summed E-state index contributed by atoms with van der Waals surface area (Å²) in [6, 6.07) is 4.76. The Bertz CT molecular complexity index is 685. The fourth-order valence-corrected chi connectivity index (χ4v) is 5.11. The van der Waals surface area contributed by atoms with Gasteiger partial charge in [-0.15, -0.1) is 0 Å². The van der Waals surface area contributed by atoms with E-state index >= 15 is 0 Å². The Labute approximate surface area is 122 Å². The Kier molecular flexibility index (Phi) is 3.51. The van der Waals surface area contributed by atoms with Crippen LogP contribution in [-0.4, -0.2) is 59.7 Å². The fraction of sp³-hybridized carbons (Fsp3) is 0.500. The van der Waals surface area contributed by atoms with Crippen LogP contribution in [0, 0.1) is 0 Å². The highest BCUT2D eigenvalue weighted by Gasteiger charge is 2.40. The Balaban J connectivity index is 1.86.